The number of ether oxygens (including phenoxy) is 1. The number of fused-ring (bicyclic) bond motifs is 2. The number of aryl methyl sites for hydroxylation is 1. The van der Waals surface area contributed by atoms with Crippen molar-refractivity contribution in [2.24, 2.45) is 0 Å². The van der Waals surface area contributed by atoms with Crippen LogP contribution in [0.4, 0.5) is 5.00 Å². The Balaban J connectivity index is 1.74. The number of rotatable bonds is 3. The summed E-state index contributed by atoms with van der Waals surface area (Å²) in [7, 11) is 1.38. The molecule has 1 aliphatic rings. The van der Waals surface area contributed by atoms with Crippen LogP contribution in [0.1, 0.15) is 44.0 Å². The number of carbonyl (C=O) groups excluding carboxylic acids is 2. The third kappa shape index (κ3) is 2.88. The van der Waals surface area contributed by atoms with Crippen LogP contribution >= 0.6 is 11.3 Å². The van der Waals surface area contributed by atoms with Gasteiger partial charge in [0.2, 0.25) is 0 Å². The van der Waals surface area contributed by atoms with Crippen molar-refractivity contribution in [1.29, 1.82) is 0 Å². The van der Waals surface area contributed by atoms with Crippen LogP contribution in [0.2, 0.25) is 0 Å². The first-order valence-electron chi connectivity index (χ1n) is 8.71. The van der Waals surface area contributed by atoms with Crippen LogP contribution in [0, 0.1) is 0 Å². The maximum absolute atomic E-state index is 12.9. The number of hydrogen-bond donors (Lipinski definition) is 1. The average molecular weight is 365 g/mol. The minimum atomic E-state index is -0.377. The van der Waals surface area contributed by atoms with E-state index >= 15 is 0 Å². The molecule has 1 N–H and O–H groups in total. The largest absolute Gasteiger partial charge is 0.465 e. The van der Waals surface area contributed by atoms with Crippen LogP contribution in [0.5, 0.6) is 0 Å². The third-order valence-electron chi connectivity index (χ3n) is 4.82. The highest BCUT2D eigenvalue weighted by molar-refractivity contribution is 7.17. The molecule has 1 aliphatic carbocycles. The number of hydrogen-bond acceptors (Lipinski definition) is 4. The first-order chi connectivity index (χ1) is 12.7. The zero-order valence-electron chi connectivity index (χ0n) is 14.5. The molecule has 0 atom stereocenters. The summed E-state index contributed by atoms with van der Waals surface area (Å²) in [5.74, 6) is -0.580. The van der Waals surface area contributed by atoms with E-state index in [9.17, 15) is 9.59 Å². The molecule has 5 heteroatoms. The fourth-order valence-corrected chi connectivity index (χ4v) is 4.84. The molecule has 2 aromatic carbocycles. The topological polar surface area (TPSA) is 55.4 Å². The molecule has 1 amide bonds. The van der Waals surface area contributed by atoms with Gasteiger partial charge in [-0.2, -0.15) is 0 Å². The number of carbonyl (C=O) groups is 2. The molecule has 0 saturated heterocycles. The van der Waals surface area contributed by atoms with Gasteiger partial charge in [-0.05, 0) is 48.1 Å². The molecule has 4 rings (SSSR count). The highest BCUT2D eigenvalue weighted by Gasteiger charge is 2.27. The molecular weight excluding hydrogens is 346 g/mol. The summed E-state index contributed by atoms with van der Waals surface area (Å²) in [6.07, 6.45) is 3.99. The summed E-state index contributed by atoms with van der Waals surface area (Å²) in [6, 6.07) is 13.5. The number of anilines is 1. The summed E-state index contributed by atoms with van der Waals surface area (Å²) >= 11 is 1.50. The van der Waals surface area contributed by atoms with E-state index in [0.29, 0.717) is 16.1 Å². The number of esters is 1. The van der Waals surface area contributed by atoms with Gasteiger partial charge in [0.05, 0.1) is 12.7 Å². The van der Waals surface area contributed by atoms with E-state index < -0.39 is 0 Å². The minimum absolute atomic E-state index is 0.203. The van der Waals surface area contributed by atoms with Crippen molar-refractivity contribution >= 4 is 39.0 Å². The molecule has 0 radical (unpaired) electrons. The van der Waals surface area contributed by atoms with Crippen LogP contribution in [0.25, 0.3) is 10.8 Å². The van der Waals surface area contributed by atoms with Crippen molar-refractivity contribution in [1.82, 2.24) is 0 Å². The van der Waals surface area contributed by atoms with E-state index in [1.165, 1.54) is 23.3 Å². The Morgan fingerprint density at radius 2 is 1.81 bits per heavy atom. The first-order valence-corrected chi connectivity index (χ1v) is 9.52. The van der Waals surface area contributed by atoms with E-state index in [0.717, 1.165) is 42.0 Å². The summed E-state index contributed by atoms with van der Waals surface area (Å²) in [6.45, 7) is 0. The van der Waals surface area contributed by atoms with Crippen molar-refractivity contribution in [2.45, 2.75) is 25.7 Å². The second-order valence-corrected chi connectivity index (χ2v) is 7.49. The zero-order valence-corrected chi connectivity index (χ0v) is 15.3. The Kier molecular flexibility index (Phi) is 4.47. The fourth-order valence-electron chi connectivity index (χ4n) is 3.57. The maximum atomic E-state index is 12.9. The molecule has 1 heterocycles. The quantitative estimate of drug-likeness (QED) is 0.677. The van der Waals surface area contributed by atoms with Crippen LogP contribution in [0.15, 0.2) is 42.5 Å². The molecule has 0 aliphatic heterocycles. The molecule has 0 fully saturated rings. The Hall–Kier alpha value is -2.66. The van der Waals surface area contributed by atoms with E-state index in [4.69, 9.17) is 4.74 Å². The number of benzene rings is 2. The van der Waals surface area contributed by atoms with Crippen molar-refractivity contribution < 1.29 is 14.3 Å². The second kappa shape index (κ2) is 6.92. The molecule has 0 spiro atoms. The Morgan fingerprint density at radius 3 is 2.65 bits per heavy atom. The monoisotopic (exact) mass is 365 g/mol. The van der Waals surface area contributed by atoms with Crippen LogP contribution in [-0.2, 0) is 17.6 Å². The molecule has 3 aromatic rings. The molecule has 1 aromatic heterocycles. The lowest BCUT2D eigenvalue weighted by Crippen LogP contribution is -2.15. The van der Waals surface area contributed by atoms with Crippen molar-refractivity contribution in [2.75, 3.05) is 12.4 Å². The average Bonchev–Trinajstić information content (AvgIpc) is 3.04. The highest BCUT2D eigenvalue weighted by Crippen LogP contribution is 2.39. The van der Waals surface area contributed by atoms with Crippen molar-refractivity contribution in [3.63, 3.8) is 0 Å². The summed E-state index contributed by atoms with van der Waals surface area (Å²) in [5, 5.41) is 5.48. The highest BCUT2D eigenvalue weighted by atomic mass is 32.1. The molecule has 4 nitrogen and oxygen atoms in total. The van der Waals surface area contributed by atoms with Gasteiger partial charge in [-0.15, -0.1) is 11.3 Å². The van der Waals surface area contributed by atoms with Crippen LogP contribution in [0.3, 0.4) is 0 Å². The summed E-state index contributed by atoms with van der Waals surface area (Å²) < 4.78 is 4.98. The Morgan fingerprint density at radius 1 is 1.04 bits per heavy atom. The Bertz CT molecular complexity index is 1000. The molecular formula is C21H19NO3S. The van der Waals surface area contributed by atoms with Gasteiger partial charge >= 0.3 is 5.97 Å². The van der Waals surface area contributed by atoms with Gasteiger partial charge < -0.3 is 10.1 Å². The minimum Gasteiger partial charge on any atom is -0.465 e. The van der Waals surface area contributed by atoms with Crippen LogP contribution in [-0.4, -0.2) is 19.0 Å². The lowest BCUT2D eigenvalue weighted by molar-refractivity contribution is 0.0601. The van der Waals surface area contributed by atoms with Gasteiger partial charge in [0.15, 0.2) is 0 Å². The molecule has 26 heavy (non-hydrogen) atoms. The SMILES string of the molecule is COC(=O)c1c(NC(=O)c2cccc3ccccc23)sc2c1CCCC2. The maximum Gasteiger partial charge on any atom is 0.341 e. The Labute approximate surface area is 155 Å². The second-order valence-electron chi connectivity index (χ2n) is 6.39. The normalized spacial score (nSPS) is 13.3. The molecule has 0 saturated carbocycles. The third-order valence-corrected chi connectivity index (χ3v) is 6.03. The van der Waals surface area contributed by atoms with Gasteiger partial charge in [0, 0.05) is 10.4 Å². The first kappa shape index (κ1) is 16.8. The van der Waals surface area contributed by atoms with Gasteiger partial charge in [0.1, 0.15) is 5.00 Å². The van der Waals surface area contributed by atoms with E-state index in [2.05, 4.69) is 5.32 Å². The van der Waals surface area contributed by atoms with Crippen LogP contribution < -0.4 is 5.32 Å². The van der Waals surface area contributed by atoms with Gasteiger partial charge in [-0.3, -0.25) is 4.79 Å². The fraction of sp³-hybridized carbons (Fsp3) is 0.238. The van der Waals surface area contributed by atoms with E-state index in [1.807, 2.05) is 42.5 Å². The lowest BCUT2D eigenvalue weighted by atomic mass is 9.95. The number of thiophene rings is 1. The van der Waals surface area contributed by atoms with Gasteiger partial charge in [-0.1, -0.05) is 36.4 Å². The van der Waals surface area contributed by atoms with E-state index in [1.54, 1.807) is 0 Å². The van der Waals surface area contributed by atoms with Crippen molar-refractivity contribution in [3.05, 3.63) is 64.0 Å². The summed E-state index contributed by atoms with van der Waals surface area (Å²) in [4.78, 5) is 26.5. The van der Waals surface area contributed by atoms with Crippen molar-refractivity contribution in [3.8, 4) is 0 Å². The van der Waals surface area contributed by atoms with Gasteiger partial charge in [-0.25, -0.2) is 4.79 Å². The molecule has 0 bridgehead atoms. The summed E-state index contributed by atoms with van der Waals surface area (Å²) in [5.41, 5.74) is 2.17. The number of nitrogens with one attached hydrogen (secondary N) is 1. The lowest BCUT2D eigenvalue weighted by Gasteiger charge is -2.12. The van der Waals surface area contributed by atoms with Gasteiger partial charge in [0.25, 0.3) is 5.91 Å². The number of amides is 1. The smallest absolute Gasteiger partial charge is 0.341 e. The standard InChI is InChI=1S/C21H19NO3S/c1-25-21(24)18-16-10-4-5-12-17(16)26-20(18)22-19(23)15-11-6-8-13-7-2-3-9-14(13)15/h2-3,6-9,11H,4-5,10,12H2,1H3,(H,22,23). The molecule has 0 unspecified atom stereocenters. The molecule has 132 valence electrons. The number of methoxy groups -OCH3 is 1. The predicted octanol–water partition coefficient (Wildman–Crippen LogP) is 4.82. The zero-order chi connectivity index (χ0) is 18.1. The predicted molar refractivity (Wildman–Crippen MR) is 104 cm³/mol. The van der Waals surface area contributed by atoms with E-state index in [-0.39, 0.29) is 11.9 Å².